The highest BCUT2D eigenvalue weighted by Crippen LogP contribution is 2.08. The van der Waals surface area contributed by atoms with E-state index in [0.717, 1.165) is 13.0 Å². The number of hydrogen-bond donors (Lipinski definition) is 1. The minimum atomic E-state index is -0.0266. The van der Waals surface area contributed by atoms with Crippen molar-refractivity contribution >= 4 is 18.0 Å². The first-order valence-electron chi connectivity index (χ1n) is 3.12. The molecule has 4 heteroatoms. The summed E-state index contributed by atoms with van der Waals surface area (Å²) in [5.74, 6) is 0. The maximum absolute atomic E-state index is 11.0. The zero-order chi connectivity index (χ0) is 7.40. The zero-order valence-corrected chi connectivity index (χ0v) is 6.65. The molecule has 0 saturated heterocycles. The van der Waals surface area contributed by atoms with Crippen LogP contribution in [-0.2, 0) is 0 Å². The van der Waals surface area contributed by atoms with E-state index in [1.54, 1.807) is 10.5 Å². The van der Waals surface area contributed by atoms with Crippen LogP contribution in [0.25, 0.3) is 0 Å². The van der Waals surface area contributed by atoms with Crippen molar-refractivity contribution in [1.82, 2.24) is 9.62 Å². The van der Waals surface area contributed by atoms with Crippen LogP contribution in [0.5, 0.6) is 0 Å². The van der Waals surface area contributed by atoms with Gasteiger partial charge in [0.2, 0.25) is 0 Å². The Hall–Kier alpha value is -0.640. The molecule has 0 unspecified atom stereocenters. The van der Waals surface area contributed by atoms with Crippen molar-refractivity contribution in [1.29, 1.82) is 0 Å². The normalized spacial score (nSPS) is 18.5. The summed E-state index contributed by atoms with van der Waals surface area (Å²) >= 11 is 1.45. The van der Waals surface area contributed by atoms with Crippen molar-refractivity contribution in [2.24, 2.45) is 0 Å². The summed E-state index contributed by atoms with van der Waals surface area (Å²) < 4.78 is 1.69. The third-order valence-corrected chi connectivity index (χ3v) is 2.06. The fourth-order valence-corrected chi connectivity index (χ4v) is 1.26. The van der Waals surface area contributed by atoms with Crippen LogP contribution in [0, 0.1) is 0 Å². The molecule has 1 aliphatic rings. The molecule has 0 atom stereocenters. The Morgan fingerprint density at radius 2 is 2.60 bits per heavy atom. The highest BCUT2D eigenvalue weighted by molar-refractivity contribution is 7.96. The second-order valence-electron chi connectivity index (χ2n) is 1.93. The van der Waals surface area contributed by atoms with Gasteiger partial charge in [0.25, 0.3) is 0 Å². The van der Waals surface area contributed by atoms with E-state index in [1.807, 2.05) is 12.3 Å². The van der Waals surface area contributed by atoms with Crippen LogP contribution in [0.4, 0.5) is 4.79 Å². The fraction of sp³-hybridized carbons (Fsp3) is 0.500. The molecule has 2 amide bonds. The molecular weight excluding hydrogens is 148 g/mol. The van der Waals surface area contributed by atoms with E-state index in [9.17, 15) is 4.79 Å². The van der Waals surface area contributed by atoms with Crippen LogP contribution in [-0.4, -0.2) is 23.1 Å². The predicted molar refractivity (Wildman–Crippen MR) is 42.5 cm³/mol. The Balaban J connectivity index is 2.51. The zero-order valence-electron chi connectivity index (χ0n) is 5.83. The molecule has 56 valence electrons. The van der Waals surface area contributed by atoms with Crippen LogP contribution < -0.4 is 5.32 Å². The molecule has 0 aromatic carbocycles. The van der Waals surface area contributed by atoms with Gasteiger partial charge in [0.1, 0.15) is 0 Å². The topological polar surface area (TPSA) is 32.3 Å². The molecular formula is C6H10N2OS. The first kappa shape index (κ1) is 7.47. The Morgan fingerprint density at radius 1 is 1.80 bits per heavy atom. The summed E-state index contributed by atoms with van der Waals surface area (Å²) in [5.41, 5.74) is 0. The van der Waals surface area contributed by atoms with Crippen molar-refractivity contribution in [2.45, 2.75) is 6.42 Å². The molecule has 0 bridgehead atoms. The van der Waals surface area contributed by atoms with E-state index in [1.165, 1.54) is 11.9 Å². The number of nitrogens with one attached hydrogen (secondary N) is 1. The van der Waals surface area contributed by atoms with Gasteiger partial charge in [-0.05, 0) is 18.4 Å². The molecule has 0 radical (unpaired) electrons. The average Bonchev–Trinajstić information content (AvgIpc) is 2.13. The van der Waals surface area contributed by atoms with Crippen LogP contribution >= 0.6 is 11.9 Å². The van der Waals surface area contributed by atoms with Gasteiger partial charge in [-0.15, -0.1) is 0 Å². The molecule has 1 aliphatic heterocycles. The predicted octanol–water partition coefficient (Wildman–Crippen LogP) is 1.19. The van der Waals surface area contributed by atoms with E-state index in [0.29, 0.717) is 0 Å². The molecule has 0 saturated carbocycles. The third-order valence-electron chi connectivity index (χ3n) is 1.27. The first-order valence-corrected chi connectivity index (χ1v) is 4.30. The van der Waals surface area contributed by atoms with Gasteiger partial charge >= 0.3 is 6.03 Å². The van der Waals surface area contributed by atoms with Gasteiger partial charge in [-0.2, -0.15) is 0 Å². The molecule has 0 aliphatic carbocycles. The van der Waals surface area contributed by atoms with Crippen LogP contribution in [0.15, 0.2) is 12.3 Å². The van der Waals surface area contributed by atoms with E-state index in [-0.39, 0.29) is 6.03 Å². The van der Waals surface area contributed by atoms with Crippen LogP contribution in [0.3, 0.4) is 0 Å². The SMILES string of the molecule is CSN1CCC=CNC1=O. The molecule has 0 aromatic rings. The lowest BCUT2D eigenvalue weighted by Gasteiger charge is -2.15. The second-order valence-corrected chi connectivity index (χ2v) is 2.73. The van der Waals surface area contributed by atoms with E-state index >= 15 is 0 Å². The van der Waals surface area contributed by atoms with Crippen LogP contribution in [0.1, 0.15) is 6.42 Å². The maximum atomic E-state index is 11.0. The highest BCUT2D eigenvalue weighted by atomic mass is 32.2. The fourth-order valence-electron chi connectivity index (χ4n) is 0.753. The molecule has 10 heavy (non-hydrogen) atoms. The van der Waals surface area contributed by atoms with Gasteiger partial charge in [-0.25, -0.2) is 4.79 Å². The van der Waals surface area contributed by atoms with Crippen molar-refractivity contribution in [2.75, 3.05) is 12.8 Å². The lowest BCUT2D eigenvalue weighted by Crippen LogP contribution is -2.30. The van der Waals surface area contributed by atoms with E-state index in [2.05, 4.69) is 5.32 Å². The quantitative estimate of drug-likeness (QED) is 0.581. The number of carbonyl (C=O) groups is 1. The lowest BCUT2D eigenvalue weighted by molar-refractivity contribution is 0.231. The van der Waals surface area contributed by atoms with Gasteiger partial charge in [0.05, 0.1) is 0 Å². The number of carbonyl (C=O) groups excluding carboxylic acids is 1. The van der Waals surface area contributed by atoms with Gasteiger partial charge in [0, 0.05) is 19.0 Å². The molecule has 1 heterocycles. The third kappa shape index (κ3) is 1.67. The van der Waals surface area contributed by atoms with Gasteiger partial charge < -0.3 is 5.32 Å². The standard InChI is InChI=1S/C6H10N2OS/c1-10-8-5-3-2-4-7-6(8)9/h2,4H,3,5H2,1H3,(H,7,9). The van der Waals surface area contributed by atoms with E-state index < -0.39 is 0 Å². The molecule has 3 nitrogen and oxygen atoms in total. The number of rotatable bonds is 1. The second kappa shape index (κ2) is 3.51. The average molecular weight is 158 g/mol. The smallest absolute Gasteiger partial charge is 0.314 e. The Kier molecular flexibility index (Phi) is 2.62. The molecule has 0 spiro atoms. The van der Waals surface area contributed by atoms with Gasteiger partial charge in [-0.3, -0.25) is 4.31 Å². The van der Waals surface area contributed by atoms with Crippen molar-refractivity contribution in [3.8, 4) is 0 Å². The summed E-state index contributed by atoms with van der Waals surface area (Å²) in [7, 11) is 0. The van der Waals surface area contributed by atoms with Gasteiger partial charge in [-0.1, -0.05) is 6.08 Å². The maximum Gasteiger partial charge on any atom is 0.331 e. The summed E-state index contributed by atoms with van der Waals surface area (Å²) in [4.78, 5) is 11.0. The summed E-state index contributed by atoms with van der Waals surface area (Å²) in [5, 5.41) is 2.63. The Bertz CT molecular complexity index is 158. The monoisotopic (exact) mass is 158 g/mol. The van der Waals surface area contributed by atoms with Crippen molar-refractivity contribution < 1.29 is 4.79 Å². The van der Waals surface area contributed by atoms with Crippen molar-refractivity contribution in [3.63, 3.8) is 0 Å². The molecule has 0 aromatic heterocycles. The number of nitrogens with zero attached hydrogens (tertiary/aromatic N) is 1. The first-order chi connectivity index (χ1) is 4.84. The van der Waals surface area contributed by atoms with Gasteiger partial charge in [0.15, 0.2) is 0 Å². The molecule has 1 rings (SSSR count). The number of urea groups is 1. The lowest BCUT2D eigenvalue weighted by atomic mass is 10.4. The summed E-state index contributed by atoms with van der Waals surface area (Å²) in [6.07, 6.45) is 6.47. The van der Waals surface area contributed by atoms with Crippen LogP contribution in [0.2, 0.25) is 0 Å². The number of hydrogen-bond acceptors (Lipinski definition) is 2. The minimum absolute atomic E-state index is 0.0266. The Labute approximate surface area is 64.6 Å². The minimum Gasteiger partial charge on any atom is -0.314 e. The Morgan fingerprint density at radius 3 is 3.30 bits per heavy atom. The highest BCUT2D eigenvalue weighted by Gasteiger charge is 2.10. The summed E-state index contributed by atoms with van der Waals surface area (Å²) in [6.45, 7) is 0.795. The largest absolute Gasteiger partial charge is 0.331 e. The van der Waals surface area contributed by atoms with Crippen molar-refractivity contribution in [3.05, 3.63) is 12.3 Å². The number of amides is 2. The summed E-state index contributed by atoms with van der Waals surface area (Å²) in [6, 6.07) is -0.0266. The molecule has 0 fully saturated rings. The molecule has 1 N–H and O–H groups in total. The van der Waals surface area contributed by atoms with E-state index in [4.69, 9.17) is 0 Å².